The molecule has 38 heavy (non-hydrogen) atoms. The molecule has 0 saturated heterocycles. The molecule has 1 aliphatic carbocycles. The Labute approximate surface area is 224 Å². The standard InChI is InChI=1S/C30H40FN3O4/c1-19-27-21(12-15-37-19)16-22(31)17-26(27)28(30(35)36)34(2)24-10-11-25(18-24)38-14-4-3-7-23-9-8-20-6-5-13-32-29(20)33-23/h8-9,16-17,19,24-25,28H,3-7,10-15,18H2,1-2H3,(H,32,33)(H,35,36)/t19-,24-,25-,28+/m0/s1. The number of aromatic nitrogens is 1. The molecule has 4 atom stereocenters. The van der Waals surface area contributed by atoms with E-state index in [0.717, 1.165) is 74.1 Å². The van der Waals surface area contributed by atoms with Gasteiger partial charge in [0.15, 0.2) is 0 Å². The maximum absolute atomic E-state index is 14.5. The molecule has 1 aromatic carbocycles. The number of aliphatic carboxylic acids is 1. The number of fused-ring (bicyclic) bond motifs is 2. The lowest BCUT2D eigenvalue weighted by atomic mass is 9.88. The molecule has 0 bridgehead atoms. The fourth-order valence-electron chi connectivity index (χ4n) is 6.40. The number of hydrogen-bond acceptors (Lipinski definition) is 6. The zero-order chi connectivity index (χ0) is 26.6. The van der Waals surface area contributed by atoms with Gasteiger partial charge in [-0.2, -0.15) is 0 Å². The summed E-state index contributed by atoms with van der Waals surface area (Å²) in [6, 6.07) is 6.39. The van der Waals surface area contributed by atoms with Gasteiger partial charge in [-0.25, -0.2) is 9.37 Å². The molecule has 3 heterocycles. The van der Waals surface area contributed by atoms with Crippen molar-refractivity contribution in [2.75, 3.05) is 32.1 Å². The Morgan fingerprint density at radius 3 is 2.97 bits per heavy atom. The van der Waals surface area contributed by atoms with Crippen molar-refractivity contribution in [2.45, 2.75) is 89.0 Å². The van der Waals surface area contributed by atoms with Crippen molar-refractivity contribution >= 4 is 11.8 Å². The Hall–Kier alpha value is -2.55. The average Bonchev–Trinajstić information content (AvgIpc) is 3.37. The number of rotatable bonds is 10. The van der Waals surface area contributed by atoms with Crippen LogP contribution < -0.4 is 5.32 Å². The van der Waals surface area contributed by atoms with Crippen LogP contribution in [0.15, 0.2) is 24.3 Å². The second-order valence-electron chi connectivity index (χ2n) is 11.0. The first-order valence-corrected chi connectivity index (χ1v) is 14.1. The molecule has 1 fully saturated rings. The van der Waals surface area contributed by atoms with E-state index < -0.39 is 12.0 Å². The van der Waals surface area contributed by atoms with Crippen LogP contribution in [-0.2, 0) is 33.5 Å². The molecule has 2 N–H and O–H groups in total. The molecule has 0 radical (unpaired) electrons. The molecule has 3 aliphatic rings. The van der Waals surface area contributed by atoms with Crippen LogP contribution >= 0.6 is 0 Å². The number of nitrogens with zero attached hydrogens (tertiary/aromatic N) is 2. The molecule has 5 rings (SSSR count). The van der Waals surface area contributed by atoms with Crippen LogP contribution in [0.2, 0.25) is 0 Å². The summed E-state index contributed by atoms with van der Waals surface area (Å²) in [5.41, 5.74) is 4.63. The highest BCUT2D eigenvalue weighted by atomic mass is 19.1. The van der Waals surface area contributed by atoms with Crippen LogP contribution in [0.3, 0.4) is 0 Å². The summed E-state index contributed by atoms with van der Waals surface area (Å²) in [6.45, 7) is 4.13. The molecular weight excluding hydrogens is 485 g/mol. The SMILES string of the molecule is C[C@@H]1OCCc2cc(F)cc([C@H](C(=O)O)N(C)[C@H]3CC[C@H](OCCCCc4ccc5c(n4)NCCC5)C3)c21. The fraction of sp³-hybridized carbons (Fsp3) is 0.600. The monoisotopic (exact) mass is 525 g/mol. The topological polar surface area (TPSA) is 83.9 Å². The van der Waals surface area contributed by atoms with Gasteiger partial charge in [0.2, 0.25) is 0 Å². The Morgan fingerprint density at radius 2 is 2.13 bits per heavy atom. The smallest absolute Gasteiger partial charge is 0.325 e. The number of carboxylic acid groups (broad SMARTS) is 1. The largest absolute Gasteiger partial charge is 0.480 e. The summed E-state index contributed by atoms with van der Waals surface area (Å²) in [4.78, 5) is 19.2. The quantitative estimate of drug-likeness (QED) is 0.411. The summed E-state index contributed by atoms with van der Waals surface area (Å²) in [5.74, 6) is -0.304. The Kier molecular flexibility index (Phi) is 8.61. The van der Waals surface area contributed by atoms with E-state index in [2.05, 4.69) is 17.4 Å². The van der Waals surface area contributed by atoms with Crippen molar-refractivity contribution in [1.82, 2.24) is 9.88 Å². The van der Waals surface area contributed by atoms with E-state index in [9.17, 15) is 14.3 Å². The first kappa shape index (κ1) is 27.0. The van der Waals surface area contributed by atoms with E-state index in [4.69, 9.17) is 14.5 Å². The Morgan fingerprint density at radius 1 is 1.26 bits per heavy atom. The fourth-order valence-corrected chi connectivity index (χ4v) is 6.40. The number of aryl methyl sites for hydroxylation is 2. The minimum Gasteiger partial charge on any atom is -0.480 e. The average molecular weight is 526 g/mol. The lowest BCUT2D eigenvalue weighted by Crippen LogP contribution is -2.39. The lowest BCUT2D eigenvalue weighted by Gasteiger charge is -2.34. The van der Waals surface area contributed by atoms with Gasteiger partial charge in [0.25, 0.3) is 0 Å². The van der Waals surface area contributed by atoms with E-state index in [1.54, 1.807) is 0 Å². The number of hydrogen-bond donors (Lipinski definition) is 2. The molecule has 0 unspecified atom stereocenters. The highest BCUT2D eigenvalue weighted by Gasteiger charge is 2.38. The van der Waals surface area contributed by atoms with Crippen molar-refractivity contribution < 1.29 is 23.8 Å². The van der Waals surface area contributed by atoms with E-state index in [1.807, 2.05) is 18.9 Å². The van der Waals surface area contributed by atoms with Crippen LogP contribution in [0.25, 0.3) is 0 Å². The highest BCUT2D eigenvalue weighted by Crippen LogP contribution is 2.38. The molecule has 8 heteroatoms. The van der Waals surface area contributed by atoms with E-state index in [1.165, 1.54) is 24.1 Å². The van der Waals surface area contributed by atoms with Crippen molar-refractivity contribution in [2.24, 2.45) is 0 Å². The number of benzene rings is 1. The predicted octanol–water partition coefficient (Wildman–Crippen LogP) is 5.23. The number of ether oxygens (including phenoxy) is 2. The molecule has 2 aromatic rings. The van der Waals surface area contributed by atoms with Gasteiger partial charge in [0.1, 0.15) is 17.7 Å². The van der Waals surface area contributed by atoms with Crippen molar-refractivity contribution in [1.29, 1.82) is 0 Å². The van der Waals surface area contributed by atoms with E-state index >= 15 is 0 Å². The minimum atomic E-state index is -0.964. The van der Waals surface area contributed by atoms with Crippen LogP contribution in [0.5, 0.6) is 0 Å². The maximum Gasteiger partial charge on any atom is 0.325 e. The molecule has 0 spiro atoms. The third kappa shape index (κ3) is 6.03. The highest BCUT2D eigenvalue weighted by molar-refractivity contribution is 5.76. The summed E-state index contributed by atoms with van der Waals surface area (Å²) in [6.07, 6.45) is 8.20. The summed E-state index contributed by atoms with van der Waals surface area (Å²) in [7, 11) is 1.85. The number of carbonyl (C=O) groups is 1. The molecule has 7 nitrogen and oxygen atoms in total. The van der Waals surface area contributed by atoms with Crippen molar-refractivity contribution in [3.8, 4) is 0 Å². The molecule has 1 saturated carbocycles. The normalized spacial score (nSPS) is 23.5. The number of nitrogens with one attached hydrogen (secondary N) is 1. The number of anilines is 1. The first-order chi connectivity index (χ1) is 18.4. The first-order valence-electron chi connectivity index (χ1n) is 14.1. The van der Waals surface area contributed by atoms with Gasteiger partial charge in [-0.3, -0.25) is 9.69 Å². The van der Waals surface area contributed by atoms with Crippen LogP contribution in [0.4, 0.5) is 10.2 Å². The van der Waals surface area contributed by atoms with Gasteiger partial charge in [-0.05, 0) is 112 Å². The second kappa shape index (κ2) is 12.1. The van der Waals surface area contributed by atoms with Gasteiger partial charge in [0.05, 0.1) is 18.8 Å². The zero-order valence-corrected chi connectivity index (χ0v) is 22.5. The molecular formula is C30H40FN3O4. The van der Waals surface area contributed by atoms with Gasteiger partial charge in [-0.1, -0.05) is 6.07 Å². The van der Waals surface area contributed by atoms with Crippen LogP contribution in [0, 0.1) is 5.82 Å². The molecule has 0 amide bonds. The second-order valence-corrected chi connectivity index (χ2v) is 11.0. The van der Waals surface area contributed by atoms with Gasteiger partial charge in [0, 0.05) is 24.9 Å². The minimum absolute atomic E-state index is 0.0621. The number of likely N-dealkylation sites (N-methyl/N-ethyl adjacent to an activating group) is 1. The zero-order valence-electron chi connectivity index (χ0n) is 22.5. The molecule has 206 valence electrons. The molecule has 2 aliphatic heterocycles. The van der Waals surface area contributed by atoms with Gasteiger partial charge < -0.3 is 19.9 Å². The van der Waals surface area contributed by atoms with E-state index in [0.29, 0.717) is 25.2 Å². The number of halogens is 1. The summed E-state index contributed by atoms with van der Waals surface area (Å²) >= 11 is 0. The Bertz CT molecular complexity index is 1140. The maximum atomic E-state index is 14.5. The summed E-state index contributed by atoms with van der Waals surface area (Å²) in [5, 5.41) is 13.6. The van der Waals surface area contributed by atoms with Crippen LogP contribution in [0.1, 0.15) is 85.5 Å². The van der Waals surface area contributed by atoms with Crippen LogP contribution in [-0.4, -0.2) is 59.9 Å². The summed E-state index contributed by atoms with van der Waals surface area (Å²) < 4.78 is 26.5. The third-order valence-electron chi connectivity index (χ3n) is 8.41. The Balaban J connectivity index is 1.13. The van der Waals surface area contributed by atoms with E-state index in [-0.39, 0.29) is 24.1 Å². The lowest BCUT2D eigenvalue weighted by molar-refractivity contribution is -0.144. The number of unbranched alkanes of at least 4 members (excludes halogenated alkanes) is 1. The molecule has 1 aromatic heterocycles. The number of pyridine rings is 1. The van der Waals surface area contributed by atoms with Gasteiger partial charge in [-0.15, -0.1) is 0 Å². The predicted molar refractivity (Wildman–Crippen MR) is 144 cm³/mol. The third-order valence-corrected chi connectivity index (χ3v) is 8.41. The number of carboxylic acids is 1. The van der Waals surface area contributed by atoms with Gasteiger partial charge >= 0.3 is 5.97 Å². The van der Waals surface area contributed by atoms with Crippen molar-refractivity contribution in [3.63, 3.8) is 0 Å². The van der Waals surface area contributed by atoms with Crippen molar-refractivity contribution in [3.05, 3.63) is 58.0 Å².